The molecule has 6 heteroatoms. The number of nitrogens with zero attached hydrogens (tertiary/aromatic N) is 2. The molecule has 0 saturated carbocycles. The van der Waals surface area contributed by atoms with Crippen molar-refractivity contribution in [2.75, 3.05) is 13.1 Å². The molecular formula is C30H37FN2O2S. The van der Waals surface area contributed by atoms with E-state index in [1.54, 1.807) is 33.3 Å². The van der Waals surface area contributed by atoms with Gasteiger partial charge >= 0.3 is 0 Å². The number of thiophene rings is 1. The molecule has 0 atom stereocenters. The number of rotatable bonds is 9. The van der Waals surface area contributed by atoms with Crippen LogP contribution in [0.4, 0.5) is 4.39 Å². The van der Waals surface area contributed by atoms with Crippen LogP contribution in [0.2, 0.25) is 0 Å². The van der Waals surface area contributed by atoms with Crippen LogP contribution < -0.4 is 0 Å². The largest absolute Gasteiger partial charge is 0.332 e. The minimum atomic E-state index is -0.308. The average molecular weight is 509 g/mol. The molecule has 2 aromatic carbocycles. The lowest BCUT2D eigenvalue weighted by molar-refractivity contribution is -0.133. The number of halogens is 1. The number of aryl methyl sites for hydroxylation is 1. The molecule has 0 unspecified atom stereocenters. The Hall–Kier alpha value is -2.99. The van der Waals surface area contributed by atoms with Crippen LogP contribution in [0.25, 0.3) is 0 Å². The second kappa shape index (κ2) is 11.8. The number of benzene rings is 2. The molecule has 0 bridgehead atoms. The van der Waals surface area contributed by atoms with Crippen LogP contribution in [0, 0.1) is 18.7 Å². The highest BCUT2D eigenvalue weighted by molar-refractivity contribution is 7.10. The number of carbonyl (C=O) groups is 2. The highest BCUT2D eigenvalue weighted by Gasteiger charge is 2.25. The summed E-state index contributed by atoms with van der Waals surface area (Å²) in [6, 6.07) is 15.9. The van der Waals surface area contributed by atoms with Gasteiger partial charge in [0.25, 0.3) is 5.91 Å². The first-order chi connectivity index (χ1) is 16.9. The van der Waals surface area contributed by atoms with E-state index in [2.05, 4.69) is 20.8 Å². The monoisotopic (exact) mass is 508 g/mol. The van der Waals surface area contributed by atoms with Gasteiger partial charge in [-0.3, -0.25) is 9.59 Å². The van der Waals surface area contributed by atoms with Gasteiger partial charge in [0.15, 0.2) is 0 Å². The summed E-state index contributed by atoms with van der Waals surface area (Å²) in [6.45, 7) is 13.8. The lowest BCUT2D eigenvalue weighted by Gasteiger charge is -2.29. The minimum Gasteiger partial charge on any atom is -0.332 e. The van der Waals surface area contributed by atoms with Gasteiger partial charge in [-0.2, -0.15) is 0 Å². The molecule has 192 valence electrons. The van der Waals surface area contributed by atoms with Crippen LogP contribution in [-0.2, 0) is 23.3 Å². The lowest BCUT2D eigenvalue weighted by atomic mass is 9.86. The Morgan fingerprint density at radius 1 is 0.917 bits per heavy atom. The topological polar surface area (TPSA) is 40.6 Å². The molecule has 4 nitrogen and oxygen atoms in total. The van der Waals surface area contributed by atoms with Gasteiger partial charge in [0.2, 0.25) is 5.91 Å². The van der Waals surface area contributed by atoms with Gasteiger partial charge in [-0.15, -0.1) is 11.3 Å². The smallest absolute Gasteiger partial charge is 0.254 e. The second-order valence-electron chi connectivity index (χ2n) is 10.8. The van der Waals surface area contributed by atoms with Gasteiger partial charge in [0.1, 0.15) is 12.4 Å². The fourth-order valence-corrected chi connectivity index (χ4v) is 4.92. The quantitative estimate of drug-likeness (QED) is 0.318. The van der Waals surface area contributed by atoms with E-state index in [-0.39, 0.29) is 35.5 Å². The predicted octanol–water partition coefficient (Wildman–Crippen LogP) is 6.82. The third-order valence-corrected chi connectivity index (χ3v) is 7.15. The van der Waals surface area contributed by atoms with E-state index in [1.807, 2.05) is 56.5 Å². The van der Waals surface area contributed by atoms with E-state index in [0.717, 1.165) is 21.6 Å². The fraction of sp³-hybridized carbons (Fsp3) is 0.400. The molecule has 0 aliphatic rings. The van der Waals surface area contributed by atoms with E-state index in [4.69, 9.17) is 0 Å². The summed E-state index contributed by atoms with van der Waals surface area (Å²) >= 11 is 1.61. The van der Waals surface area contributed by atoms with E-state index in [9.17, 15) is 14.0 Å². The Morgan fingerprint density at radius 3 is 2.08 bits per heavy atom. The summed E-state index contributed by atoms with van der Waals surface area (Å²) < 4.78 is 13.5. The molecule has 2 amide bonds. The van der Waals surface area contributed by atoms with Gasteiger partial charge in [-0.25, -0.2) is 4.39 Å². The molecule has 0 radical (unpaired) electrons. The molecule has 1 aromatic heterocycles. The van der Waals surface area contributed by atoms with E-state index < -0.39 is 0 Å². The third kappa shape index (κ3) is 7.50. The molecule has 0 spiro atoms. The van der Waals surface area contributed by atoms with Gasteiger partial charge in [0.05, 0.1) is 6.54 Å². The highest BCUT2D eigenvalue weighted by atomic mass is 32.1. The Morgan fingerprint density at radius 2 is 1.56 bits per heavy atom. The molecular weight excluding hydrogens is 471 g/mol. The summed E-state index contributed by atoms with van der Waals surface area (Å²) in [6.07, 6.45) is 0. The standard InChI is InChI=1S/C30H37FN2O2S/c1-21(2)17-33(29(35)24-9-11-25(12-10-24)30(4,5)6)20-28(34)32(19-27-22(3)15-16-36-27)18-23-7-13-26(31)14-8-23/h7-16,21H,17-20H2,1-6H3. The number of hydrogen-bond donors (Lipinski definition) is 0. The summed E-state index contributed by atoms with van der Waals surface area (Å²) in [7, 11) is 0. The number of amides is 2. The van der Waals surface area contributed by atoms with Gasteiger partial charge in [0, 0.05) is 23.5 Å². The lowest BCUT2D eigenvalue weighted by Crippen LogP contribution is -2.43. The van der Waals surface area contributed by atoms with Crippen molar-refractivity contribution in [3.63, 3.8) is 0 Å². The van der Waals surface area contributed by atoms with Gasteiger partial charge in [-0.05, 0) is 70.7 Å². The van der Waals surface area contributed by atoms with Crippen LogP contribution in [0.3, 0.4) is 0 Å². The highest BCUT2D eigenvalue weighted by Crippen LogP contribution is 2.23. The predicted molar refractivity (Wildman–Crippen MR) is 146 cm³/mol. The number of carbonyl (C=O) groups excluding carboxylic acids is 2. The van der Waals surface area contributed by atoms with Crippen LogP contribution in [0.15, 0.2) is 60.0 Å². The molecule has 0 aliphatic heterocycles. The summed E-state index contributed by atoms with van der Waals surface area (Å²) in [4.78, 5) is 31.6. The van der Waals surface area contributed by atoms with Crippen molar-refractivity contribution in [3.05, 3.63) is 92.9 Å². The first-order valence-electron chi connectivity index (χ1n) is 12.4. The zero-order valence-corrected chi connectivity index (χ0v) is 23.0. The Kier molecular flexibility index (Phi) is 9.07. The Labute approximate surface area is 218 Å². The van der Waals surface area contributed by atoms with Crippen LogP contribution in [0.1, 0.15) is 66.5 Å². The maximum atomic E-state index is 13.6. The molecule has 1 heterocycles. The molecule has 0 aliphatic carbocycles. The summed E-state index contributed by atoms with van der Waals surface area (Å²) in [5.41, 5.74) is 3.71. The van der Waals surface area contributed by atoms with Crippen molar-refractivity contribution in [1.82, 2.24) is 9.80 Å². The Balaban J connectivity index is 1.83. The van der Waals surface area contributed by atoms with Crippen LogP contribution in [0.5, 0.6) is 0 Å². The molecule has 36 heavy (non-hydrogen) atoms. The first kappa shape index (κ1) is 27.6. The van der Waals surface area contributed by atoms with Crippen LogP contribution >= 0.6 is 11.3 Å². The van der Waals surface area contributed by atoms with Crippen molar-refractivity contribution in [3.8, 4) is 0 Å². The molecule has 0 saturated heterocycles. The third-order valence-electron chi connectivity index (χ3n) is 6.14. The zero-order valence-electron chi connectivity index (χ0n) is 22.2. The first-order valence-corrected chi connectivity index (χ1v) is 13.3. The maximum absolute atomic E-state index is 13.6. The number of hydrogen-bond acceptors (Lipinski definition) is 3. The molecule has 3 aromatic rings. The van der Waals surface area contributed by atoms with E-state index in [0.29, 0.717) is 25.2 Å². The SMILES string of the molecule is Cc1ccsc1CN(Cc1ccc(F)cc1)C(=O)CN(CC(C)C)C(=O)c1ccc(C(C)(C)C)cc1. The summed E-state index contributed by atoms with van der Waals surface area (Å²) in [5.74, 6) is -0.378. The maximum Gasteiger partial charge on any atom is 0.254 e. The second-order valence-corrected chi connectivity index (χ2v) is 11.8. The fourth-order valence-electron chi connectivity index (χ4n) is 4.00. The summed E-state index contributed by atoms with van der Waals surface area (Å²) in [5, 5.41) is 2.01. The van der Waals surface area contributed by atoms with Crippen molar-refractivity contribution < 1.29 is 14.0 Å². The minimum absolute atomic E-state index is 0.00403. The van der Waals surface area contributed by atoms with Crippen molar-refractivity contribution in [2.45, 2.75) is 60.0 Å². The molecule has 0 N–H and O–H groups in total. The average Bonchev–Trinajstić information content (AvgIpc) is 3.22. The van der Waals surface area contributed by atoms with Crippen LogP contribution in [-0.4, -0.2) is 34.7 Å². The van der Waals surface area contributed by atoms with Gasteiger partial charge < -0.3 is 9.80 Å². The van der Waals surface area contributed by atoms with E-state index >= 15 is 0 Å². The van der Waals surface area contributed by atoms with Gasteiger partial charge in [-0.1, -0.05) is 58.9 Å². The molecule has 0 fully saturated rings. The van der Waals surface area contributed by atoms with Crippen molar-refractivity contribution in [2.24, 2.45) is 5.92 Å². The Bertz CT molecular complexity index is 1160. The van der Waals surface area contributed by atoms with Crippen molar-refractivity contribution >= 4 is 23.2 Å². The zero-order chi connectivity index (χ0) is 26.5. The molecule has 3 rings (SSSR count). The van der Waals surface area contributed by atoms with Crippen molar-refractivity contribution in [1.29, 1.82) is 0 Å². The normalized spacial score (nSPS) is 11.6. The van der Waals surface area contributed by atoms with E-state index in [1.165, 1.54) is 12.1 Å².